The van der Waals surface area contributed by atoms with Crippen molar-refractivity contribution in [3.8, 4) is 0 Å². The summed E-state index contributed by atoms with van der Waals surface area (Å²) in [5.41, 5.74) is 6.26. The van der Waals surface area contributed by atoms with E-state index < -0.39 is 0 Å². The van der Waals surface area contributed by atoms with E-state index in [1.54, 1.807) is 10.6 Å². The second-order valence-corrected chi connectivity index (χ2v) is 8.75. The van der Waals surface area contributed by atoms with Gasteiger partial charge < -0.3 is 4.98 Å². The largest absolute Gasteiger partial charge is 0.361 e. The summed E-state index contributed by atoms with van der Waals surface area (Å²) in [5, 5.41) is 1.27. The molecule has 152 valence electrons. The van der Waals surface area contributed by atoms with E-state index in [9.17, 15) is 4.79 Å². The molecule has 0 amide bonds. The zero-order valence-electron chi connectivity index (χ0n) is 16.9. The van der Waals surface area contributed by atoms with E-state index in [2.05, 4.69) is 61.3 Å². The van der Waals surface area contributed by atoms with Gasteiger partial charge in [-0.15, -0.1) is 0 Å². The van der Waals surface area contributed by atoms with Gasteiger partial charge in [-0.2, -0.15) is 0 Å². The molecule has 1 aliphatic heterocycles. The fraction of sp³-hybridized carbons (Fsp3) is 0.250. The monoisotopic (exact) mass is 462 g/mol. The zero-order chi connectivity index (χ0) is 20.7. The molecule has 0 aliphatic carbocycles. The van der Waals surface area contributed by atoms with Crippen LogP contribution in [0.25, 0.3) is 22.1 Å². The molecule has 5 nitrogen and oxygen atoms in total. The number of aryl methyl sites for hydroxylation is 1. The van der Waals surface area contributed by atoms with Gasteiger partial charge in [0, 0.05) is 64.2 Å². The fourth-order valence-electron chi connectivity index (χ4n) is 4.32. The minimum Gasteiger partial charge on any atom is -0.361 e. The van der Waals surface area contributed by atoms with Crippen molar-refractivity contribution in [3.63, 3.8) is 0 Å². The van der Waals surface area contributed by atoms with Crippen LogP contribution in [0.4, 0.5) is 0 Å². The van der Waals surface area contributed by atoms with Crippen molar-refractivity contribution < 1.29 is 0 Å². The number of nitrogens with one attached hydrogen (secondary N) is 1. The Kier molecular flexibility index (Phi) is 5.05. The van der Waals surface area contributed by atoms with E-state index in [0.29, 0.717) is 5.65 Å². The predicted molar refractivity (Wildman–Crippen MR) is 125 cm³/mol. The molecule has 0 spiro atoms. The van der Waals surface area contributed by atoms with Gasteiger partial charge in [-0.3, -0.25) is 14.1 Å². The van der Waals surface area contributed by atoms with Crippen LogP contribution in [0.15, 0.2) is 64.1 Å². The number of aromatic nitrogens is 3. The number of aromatic amines is 1. The van der Waals surface area contributed by atoms with E-state index in [0.717, 1.165) is 53.7 Å². The van der Waals surface area contributed by atoms with Gasteiger partial charge in [0.2, 0.25) is 0 Å². The summed E-state index contributed by atoms with van der Waals surface area (Å²) in [6.45, 7) is 4.70. The first-order chi connectivity index (χ1) is 14.6. The van der Waals surface area contributed by atoms with E-state index in [1.165, 1.54) is 16.5 Å². The Morgan fingerprint density at radius 2 is 2.13 bits per heavy atom. The molecular formula is C24H23BrN4O. The van der Waals surface area contributed by atoms with Gasteiger partial charge in [0.05, 0.1) is 0 Å². The van der Waals surface area contributed by atoms with Crippen LogP contribution in [0.2, 0.25) is 0 Å². The summed E-state index contributed by atoms with van der Waals surface area (Å²) in [6.07, 6.45) is 7.97. The smallest absolute Gasteiger partial charge is 0.261 e. The third-order valence-electron chi connectivity index (χ3n) is 6.00. The molecule has 0 bridgehead atoms. The summed E-state index contributed by atoms with van der Waals surface area (Å²) < 4.78 is 2.73. The second kappa shape index (κ2) is 7.85. The van der Waals surface area contributed by atoms with Crippen LogP contribution >= 0.6 is 15.9 Å². The van der Waals surface area contributed by atoms with Crippen LogP contribution in [-0.4, -0.2) is 38.9 Å². The highest BCUT2D eigenvalue weighted by Crippen LogP contribution is 2.30. The Hall–Kier alpha value is -2.70. The lowest BCUT2D eigenvalue weighted by molar-refractivity contribution is 0.305. The molecule has 5 rings (SSSR count). The number of fused-ring (bicyclic) bond motifs is 2. The summed E-state index contributed by atoms with van der Waals surface area (Å²) in [4.78, 5) is 23.3. The van der Waals surface area contributed by atoms with Gasteiger partial charge >= 0.3 is 0 Å². The first-order valence-corrected chi connectivity index (χ1v) is 11.0. The molecule has 3 aromatic heterocycles. The number of benzene rings is 1. The molecule has 0 fully saturated rings. The Morgan fingerprint density at radius 1 is 1.23 bits per heavy atom. The standard InChI is InChI=1S/C24H23BrN4O/c1-16-19(24(30)29-10-3-2-4-23(29)27-16)9-13-28-11-7-17(8-12-28)21-15-26-22-14-18(25)5-6-20(21)22/h2-7,10,14-15,26H,8-9,11-13H2,1H3. The van der Waals surface area contributed by atoms with Gasteiger partial charge in [0.25, 0.3) is 5.56 Å². The number of nitrogens with zero attached hydrogens (tertiary/aromatic N) is 3. The number of H-pyrrole nitrogens is 1. The van der Waals surface area contributed by atoms with Crippen molar-refractivity contribution in [2.75, 3.05) is 19.6 Å². The molecule has 0 unspecified atom stereocenters. The maximum absolute atomic E-state index is 12.9. The maximum atomic E-state index is 12.9. The fourth-order valence-corrected chi connectivity index (χ4v) is 4.68. The number of hydrogen-bond donors (Lipinski definition) is 1. The minimum absolute atomic E-state index is 0.0521. The Morgan fingerprint density at radius 3 is 2.97 bits per heavy atom. The minimum atomic E-state index is 0.0521. The van der Waals surface area contributed by atoms with Crippen molar-refractivity contribution in [2.45, 2.75) is 19.8 Å². The van der Waals surface area contributed by atoms with Gasteiger partial charge in [0.15, 0.2) is 0 Å². The lowest BCUT2D eigenvalue weighted by Crippen LogP contribution is -2.32. The maximum Gasteiger partial charge on any atom is 0.261 e. The average Bonchev–Trinajstić information content (AvgIpc) is 3.17. The number of rotatable bonds is 4. The first-order valence-electron chi connectivity index (χ1n) is 10.3. The Balaban J connectivity index is 1.31. The van der Waals surface area contributed by atoms with Crippen LogP contribution in [-0.2, 0) is 6.42 Å². The van der Waals surface area contributed by atoms with Crippen molar-refractivity contribution in [1.29, 1.82) is 0 Å². The van der Waals surface area contributed by atoms with Gasteiger partial charge in [-0.25, -0.2) is 4.98 Å². The molecule has 30 heavy (non-hydrogen) atoms. The normalized spacial score (nSPS) is 15.1. The zero-order valence-corrected chi connectivity index (χ0v) is 18.4. The molecule has 4 heterocycles. The summed E-state index contributed by atoms with van der Waals surface area (Å²) in [6, 6.07) is 12.0. The second-order valence-electron chi connectivity index (χ2n) is 7.83. The molecule has 1 N–H and O–H groups in total. The van der Waals surface area contributed by atoms with Crippen molar-refractivity contribution in [1.82, 2.24) is 19.3 Å². The highest BCUT2D eigenvalue weighted by atomic mass is 79.9. The molecule has 0 radical (unpaired) electrons. The van der Waals surface area contributed by atoms with Crippen LogP contribution < -0.4 is 5.56 Å². The quantitative estimate of drug-likeness (QED) is 0.482. The van der Waals surface area contributed by atoms with Crippen LogP contribution in [0.1, 0.15) is 23.2 Å². The number of halogens is 1. The van der Waals surface area contributed by atoms with E-state index in [4.69, 9.17) is 0 Å². The molecule has 6 heteroatoms. The summed E-state index contributed by atoms with van der Waals surface area (Å²) >= 11 is 3.54. The molecule has 0 saturated carbocycles. The SMILES string of the molecule is Cc1nc2ccccn2c(=O)c1CCN1CC=C(c2c[nH]c3cc(Br)ccc23)CC1. The van der Waals surface area contributed by atoms with Gasteiger partial charge in [-0.1, -0.05) is 34.1 Å². The summed E-state index contributed by atoms with van der Waals surface area (Å²) in [5.74, 6) is 0. The van der Waals surface area contributed by atoms with Crippen LogP contribution in [0.3, 0.4) is 0 Å². The van der Waals surface area contributed by atoms with Gasteiger partial charge in [-0.05, 0) is 49.6 Å². The number of hydrogen-bond acceptors (Lipinski definition) is 3. The van der Waals surface area contributed by atoms with Crippen molar-refractivity contribution in [2.24, 2.45) is 0 Å². The number of pyridine rings is 1. The first kappa shape index (κ1) is 19.3. The molecule has 0 atom stereocenters. The third kappa shape index (κ3) is 3.50. The highest BCUT2D eigenvalue weighted by Gasteiger charge is 2.17. The predicted octanol–water partition coefficient (Wildman–Crippen LogP) is 4.58. The van der Waals surface area contributed by atoms with E-state index in [-0.39, 0.29) is 5.56 Å². The van der Waals surface area contributed by atoms with Crippen LogP contribution in [0.5, 0.6) is 0 Å². The summed E-state index contributed by atoms with van der Waals surface area (Å²) in [7, 11) is 0. The highest BCUT2D eigenvalue weighted by molar-refractivity contribution is 9.10. The van der Waals surface area contributed by atoms with Crippen molar-refractivity contribution in [3.05, 3.63) is 86.5 Å². The van der Waals surface area contributed by atoms with E-state index >= 15 is 0 Å². The molecular weight excluding hydrogens is 440 g/mol. The molecule has 4 aromatic rings. The Labute approximate surface area is 183 Å². The van der Waals surface area contributed by atoms with Crippen LogP contribution in [0, 0.1) is 6.92 Å². The lowest BCUT2D eigenvalue weighted by Gasteiger charge is -2.26. The topological polar surface area (TPSA) is 53.4 Å². The Bertz CT molecular complexity index is 1330. The third-order valence-corrected chi connectivity index (χ3v) is 6.49. The lowest BCUT2D eigenvalue weighted by atomic mass is 9.98. The van der Waals surface area contributed by atoms with Gasteiger partial charge in [0.1, 0.15) is 5.65 Å². The van der Waals surface area contributed by atoms with E-state index in [1.807, 2.05) is 25.1 Å². The van der Waals surface area contributed by atoms with Crippen molar-refractivity contribution >= 4 is 38.1 Å². The molecule has 1 aliphatic rings. The molecule has 1 aromatic carbocycles. The average molecular weight is 463 g/mol. The molecule has 0 saturated heterocycles.